The van der Waals surface area contributed by atoms with Crippen LogP contribution >= 0.6 is 23.2 Å². The van der Waals surface area contributed by atoms with Crippen LogP contribution in [-0.4, -0.2) is 54.1 Å². The number of benzene rings is 2. The van der Waals surface area contributed by atoms with E-state index in [1.807, 2.05) is 32.3 Å². The Hall–Kier alpha value is -2.28. The van der Waals surface area contributed by atoms with Crippen LogP contribution in [0, 0.1) is 0 Å². The molecule has 0 unspecified atom stereocenters. The van der Waals surface area contributed by atoms with Gasteiger partial charge in [-0.2, -0.15) is 0 Å². The Kier molecular flexibility index (Phi) is 7.36. The van der Waals surface area contributed by atoms with E-state index >= 15 is 0 Å². The second kappa shape index (κ2) is 9.96. The number of likely N-dealkylation sites (N-methyl/N-ethyl adjacent to an activating group) is 1. The molecular formula is C21H24Cl2N4O2. The van der Waals surface area contributed by atoms with Crippen molar-refractivity contribution in [2.45, 2.75) is 13.0 Å². The molecule has 2 aromatic carbocycles. The largest absolute Gasteiger partial charge is 0.482 e. The van der Waals surface area contributed by atoms with Gasteiger partial charge in [0.15, 0.2) is 6.61 Å². The van der Waals surface area contributed by atoms with Crippen LogP contribution < -0.4 is 10.1 Å². The van der Waals surface area contributed by atoms with Crippen molar-refractivity contribution in [1.29, 1.82) is 0 Å². The van der Waals surface area contributed by atoms with Crippen LogP contribution in [0.25, 0.3) is 11.0 Å². The second-order valence-electron chi connectivity index (χ2n) is 6.94. The molecule has 0 saturated carbocycles. The van der Waals surface area contributed by atoms with Crippen molar-refractivity contribution in [3.63, 3.8) is 0 Å². The number of aromatic nitrogens is 2. The van der Waals surface area contributed by atoms with Crippen LogP contribution in [0.15, 0.2) is 42.5 Å². The molecule has 0 saturated heterocycles. The lowest BCUT2D eigenvalue weighted by molar-refractivity contribution is -0.123. The number of hydrogen-bond acceptors (Lipinski definition) is 4. The number of carbonyl (C=O) groups excluding carboxylic acids is 1. The number of para-hydroxylation sites is 2. The van der Waals surface area contributed by atoms with Crippen LogP contribution in [0.4, 0.5) is 0 Å². The minimum atomic E-state index is -0.216. The summed E-state index contributed by atoms with van der Waals surface area (Å²) in [5, 5.41) is 3.76. The monoisotopic (exact) mass is 434 g/mol. The molecule has 3 aromatic rings. The molecule has 1 heterocycles. The van der Waals surface area contributed by atoms with Crippen molar-refractivity contribution in [3.8, 4) is 5.75 Å². The summed E-state index contributed by atoms with van der Waals surface area (Å²) in [6.45, 7) is 2.12. The zero-order valence-electron chi connectivity index (χ0n) is 16.5. The molecule has 0 aliphatic heterocycles. The highest BCUT2D eigenvalue weighted by atomic mass is 35.5. The molecule has 0 spiro atoms. The summed E-state index contributed by atoms with van der Waals surface area (Å²) < 4.78 is 7.68. The van der Waals surface area contributed by atoms with E-state index in [0.717, 1.165) is 29.9 Å². The van der Waals surface area contributed by atoms with E-state index in [2.05, 4.69) is 20.9 Å². The molecular weight excluding hydrogens is 411 g/mol. The molecule has 0 atom stereocenters. The van der Waals surface area contributed by atoms with Crippen LogP contribution in [0.2, 0.25) is 10.0 Å². The lowest BCUT2D eigenvalue weighted by atomic mass is 10.3. The first-order valence-corrected chi connectivity index (χ1v) is 10.1. The van der Waals surface area contributed by atoms with Gasteiger partial charge >= 0.3 is 0 Å². The van der Waals surface area contributed by atoms with Crippen LogP contribution in [-0.2, 0) is 17.8 Å². The van der Waals surface area contributed by atoms with Crippen LogP contribution in [0.5, 0.6) is 5.75 Å². The Morgan fingerprint density at radius 1 is 1.21 bits per heavy atom. The minimum Gasteiger partial charge on any atom is -0.482 e. The molecule has 1 N–H and O–H groups in total. The fourth-order valence-electron chi connectivity index (χ4n) is 2.97. The predicted octanol–water partition coefficient (Wildman–Crippen LogP) is 3.64. The highest BCUT2D eigenvalue weighted by Gasteiger charge is 2.12. The maximum atomic E-state index is 12.1. The molecule has 8 heteroatoms. The van der Waals surface area contributed by atoms with E-state index in [1.54, 1.807) is 18.2 Å². The van der Waals surface area contributed by atoms with Gasteiger partial charge < -0.3 is 19.5 Å². The first kappa shape index (κ1) is 21.4. The van der Waals surface area contributed by atoms with Crippen molar-refractivity contribution in [1.82, 2.24) is 19.8 Å². The number of rotatable bonds is 9. The quantitative estimate of drug-likeness (QED) is 0.558. The SMILES string of the molecule is CN(C)CCn1c(CCNC(=O)COc2ccc(Cl)cc2Cl)nc2ccccc21. The number of imidazole rings is 1. The first-order valence-electron chi connectivity index (χ1n) is 9.37. The topological polar surface area (TPSA) is 59.4 Å². The Balaban J connectivity index is 1.56. The van der Waals surface area contributed by atoms with E-state index in [1.165, 1.54) is 0 Å². The van der Waals surface area contributed by atoms with Gasteiger partial charge in [0.05, 0.1) is 16.1 Å². The summed E-state index contributed by atoms with van der Waals surface area (Å²) in [4.78, 5) is 19.0. The van der Waals surface area contributed by atoms with Crippen molar-refractivity contribution in [3.05, 3.63) is 58.3 Å². The van der Waals surface area contributed by atoms with Crippen molar-refractivity contribution in [2.75, 3.05) is 33.8 Å². The number of hydrogen-bond donors (Lipinski definition) is 1. The predicted molar refractivity (Wildman–Crippen MR) is 117 cm³/mol. The Bertz CT molecular complexity index is 988. The van der Waals surface area contributed by atoms with Gasteiger partial charge in [-0.15, -0.1) is 0 Å². The molecule has 154 valence electrons. The molecule has 3 rings (SSSR count). The molecule has 0 aliphatic carbocycles. The number of ether oxygens (including phenoxy) is 1. The number of amides is 1. The van der Waals surface area contributed by atoms with E-state index in [9.17, 15) is 4.79 Å². The Morgan fingerprint density at radius 3 is 2.76 bits per heavy atom. The fourth-order valence-corrected chi connectivity index (χ4v) is 3.43. The van der Waals surface area contributed by atoms with E-state index in [0.29, 0.717) is 28.8 Å². The molecule has 6 nitrogen and oxygen atoms in total. The third kappa shape index (κ3) is 5.85. The summed E-state index contributed by atoms with van der Waals surface area (Å²) in [5.74, 6) is 1.17. The third-order valence-electron chi connectivity index (χ3n) is 4.43. The molecule has 0 radical (unpaired) electrons. The summed E-state index contributed by atoms with van der Waals surface area (Å²) >= 11 is 11.9. The van der Waals surface area contributed by atoms with Gasteiger partial charge in [-0.05, 0) is 44.4 Å². The zero-order chi connectivity index (χ0) is 20.8. The van der Waals surface area contributed by atoms with Crippen LogP contribution in [0.1, 0.15) is 5.82 Å². The average molecular weight is 435 g/mol. The lowest BCUT2D eigenvalue weighted by Crippen LogP contribution is -2.31. The first-order chi connectivity index (χ1) is 13.9. The highest BCUT2D eigenvalue weighted by Crippen LogP contribution is 2.27. The zero-order valence-corrected chi connectivity index (χ0v) is 18.0. The van der Waals surface area contributed by atoms with E-state index < -0.39 is 0 Å². The van der Waals surface area contributed by atoms with Gasteiger partial charge in [-0.3, -0.25) is 4.79 Å². The molecule has 0 fully saturated rings. The van der Waals surface area contributed by atoms with Crippen molar-refractivity contribution >= 4 is 40.1 Å². The van der Waals surface area contributed by atoms with E-state index in [-0.39, 0.29) is 12.5 Å². The maximum Gasteiger partial charge on any atom is 0.257 e. The van der Waals surface area contributed by atoms with Gasteiger partial charge in [0.1, 0.15) is 11.6 Å². The Morgan fingerprint density at radius 2 is 2.00 bits per heavy atom. The normalized spacial score (nSPS) is 11.2. The Labute approximate surface area is 180 Å². The number of nitrogens with zero attached hydrogens (tertiary/aromatic N) is 3. The smallest absolute Gasteiger partial charge is 0.257 e. The summed E-state index contributed by atoms with van der Waals surface area (Å²) in [6, 6.07) is 13.0. The average Bonchev–Trinajstić information content (AvgIpc) is 3.03. The van der Waals surface area contributed by atoms with E-state index in [4.69, 9.17) is 32.9 Å². The van der Waals surface area contributed by atoms with Gasteiger partial charge in [0.25, 0.3) is 5.91 Å². The van der Waals surface area contributed by atoms with Crippen LogP contribution in [0.3, 0.4) is 0 Å². The summed E-state index contributed by atoms with van der Waals surface area (Å²) in [6.07, 6.45) is 0.634. The standard InChI is InChI=1S/C21H24Cl2N4O2/c1-26(2)11-12-27-18-6-4-3-5-17(18)25-20(27)9-10-24-21(28)14-29-19-8-7-15(22)13-16(19)23/h3-8,13H,9-12,14H2,1-2H3,(H,24,28). The molecule has 0 aliphatic rings. The highest BCUT2D eigenvalue weighted by molar-refractivity contribution is 6.35. The molecule has 29 heavy (non-hydrogen) atoms. The number of fused-ring (bicyclic) bond motifs is 1. The van der Waals surface area contributed by atoms with Crippen molar-refractivity contribution in [2.24, 2.45) is 0 Å². The molecule has 1 aromatic heterocycles. The van der Waals surface area contributed by atoms with Gasteiger partial charge in [-0.1, -0.05) is 35.3 Å². The minimum absolute atomic E-state index is 0.113. The number of halogens is 2. The van der Waals surface area contributed by atoms with Gasteiger partial charge in [0, 0.05) is 31.1 Å². The number of nitrogens with one attached hydrogen (secondary N) is 1. The maximum absolute atomic E-state index is 12.1. The number of carbonyl (C=O) groups is 1. The second-order valence-corrected chi connectivity index (χ2v) is 7.78. The molecule has 0 bridgehead atoms. The lowest BCUT2D eigenvalue weighted by Gasteiger charge is -2.14. The fraction of sp³-hybridized carbons (Fsp3) is 0.333. The summed E-state index contributed by atoms with van der Waals surface area (Å²) in [7, 11) is 4.10. The molecule has 1 amide bonds. The van der Waals surface area contributed by atoms with Gasteiger partial charge in [-0.25, -0.2) is 4.98 Å². The third-order valence-corrected chi connectivity index (χ3v) is 4.96. The van der Waals surface area contributed by atoms with Crippen molar-refractivity contribution < 1.29 is 9.53 Å². The van der Waals surface area contributed by atoms with Gasteiger partial charge in [0.2, 0.25) is 0 Å². The summed E-state index contributed by atoms with van der Waals surface area (Å²) in [5.41, 5.74) is 2.07.